The lowest BCUT2D eigenvalue weighted by Crippen LogP contribution is -2.35. The first-order valence-corrected chi connectivity index (χ1v) is 10.7. The van der Waals surface area contributed by atoms with Gasteiger partial charge in [0.25, 0.3) is 0 Å². The van der Waals surface area contributed by atoms with Crippen LogP contribution in [-0.4, -0.2) is 32.1 Å². The number of benzene rings is 1. The largest absolute Gasteiger partial charge is 0.373 e. The van der Waals surface area contributed by atoms with Crippen molar-refractivity contribution in [3.63, 3.8) is 0 Å². The van der Waals surface area contributed by atoms with E-state index < -0.39 is 0 Å². The molecule has 1 atom stereocenters. The topological polar surface area (TPSA) is 88.5 Å². The fourth-order valence-electron chi connectivity index (χ4n) is 2.93. The van der Waals surface area contributed by atoms with E-state index in [0.29, 0.717) is 19.8 Å². The van der Waals surface area contributed by atoms with Gasteiger partial charge in [0.15, 0.2) is 0 Å². The molecule has 1 aromatic rings. The molecule has 0 saturated carbocycles. The van der Waals surface area contributed by atoms with Crippen molar-refractivity contribution in [1.82, 2.24) is 5.32 Å². The molecule has 0 aliphatic heterocycles. The Labute approximate surface area is 166 Å². The van der Waals surface area contributed by atoms with E-state index in [-0.39, 0.29) is 5.92 Å². The van der Waals surface area contributed by atoms with Gasteiger partial charge < -0.3 is 22.1 Å². The number of hydrogen-bond acceptors (Lipinski definition) is 4. The molecule has 0 radical (unpaired) electrons. The Bertz CT molecular complexity index is 498. The molecule has 0 bridgehead atoms. The summed E-state index contributed by atoms with van der Waals surface area (Å²) in [7, 11) is 0. The zero-order chi connectivity index (χ0) is 19.7. The SMILES string of the molecule is CCCCCCCCc1ccc(NCN=C(NCCCN)C(C)CN)cc1. The monoisotopic (exact) mass is 375 g/mol. The number of aliphatic imine (C=N–C) groups is 1. The van der Waals surface area contributed by atoms with Crippen molar-refractivity contribution in [2.75, 3.05) is 31.6 Å². The van der Waals surface area contributed by atoms with Gasteiger partial charge in [0.2, 0.25) is 0 Å². The molecule has 1 rings (SSSR count). The maximum absolute atomic E-state index is 5.78. The van der Waals surface area contributed by atoms with Crippen LogP contribution in [0, 0.1) is 5.92 Å². The van der Waals surface area contributed by atoms with Crippen LogP contribution < -0.4 is 22.1 Å². The van der Waals surface area contributed by atoms with Crippen LogP contribution >= 0.6 is 0 Å². The summed E-state index contributed by atoms with van der Waals surface area (Å²) < 4.78 is 0. The average molecular weight is 376 g/mol. The maximum Gasteiger partial charge on any atom is 0.109 e. The predicted molar refractivity (Wildman–Crippen MR) is 119 cm³/mol. The molecular formula is C22H41N5. The van der Waals surface area contributed by atoms with Crippen LogP contribution in [0.15, 0.2) is 29.3 Å². The zero-order valence-electron chi connectivity index (χ0n) is 17.5. The van der Waals surface area contributed by atoms with Crippen LogP contribution in [0.2, 0.25) is 0 Å². The molecule has 0 heterocycles. The number of amidine groups is 1. The normalized spacial score (nSPS) is 12.8. The molecule has 0 amide bonds. The van der Waals surface area contributed by atoms with Gasteiger partial charge in [-0.15, -0.1) is 0 Å². The molecule has 1 unspecified atom stereocenters. The Morgan fingerprint density at radius 1 is 1.00 bits per heavy atom. The van der Waals surface area contributed by atoms with Crippen LogP contribution in [0.1, 0.15) is 64.4 Å². The third kappa shape index (κ3) is 11.0. The lowest BCUT2D eigenvalue weighted by Gasteiger charge is -2.15. The van der Waals surface area contributed by atoms with E-state index in [0.717, 1.165) is 24.5 Å². The molecule has 0 aliphatic carbocycles. The molecule has 0 aromatic heterocycles. The van der Waals surface area contributed by atoms with Crippen LogP contribution in [0.25, 0.3) is 0 Å². The predicted octanol–water partition coefficient (Wildman–Crippen LogP) is 3.89. The molecule has 0 saturated heterocycles. The Hall–Kier alpha value is -1.59. The second-order valence-electron chi connectivity index (χ2n) is 7.30. The van der Waals surface area contributed by atoms with Crippen LogP contribution in [0.4, 0.5) is 5.69 Å². The Morgan fingerprint density at radius 3 is 2.37 bits per heavy atom. The van der Waals surface area contributed by atoms with Gasteiger partial charge in [-0.05, 0) is 43.5 Å². The Morgan fingerprint density at radius 2 is 1.70 bits per heavy atom. The van der Waals surface area contributed by atoms with Crippen molar-refractivity contribution >= 4 is 11.5 Å². The second-order valence-corrected chi connectivity index (χ2v) is 7.30. The maximum atomic E-state index is 5.78. The number of anilines is 1. The van der Waals surface area contributed by atoms with Gasteiger partial charge in [-0.1, -0.05) is 58.1 Å². The van der Waals surface area contributed by atoms with Gasteiger partial charge >= 0.3 is 0 Å². The lowest BCUT2D eigenvalue weighted by atomic mass is 10.0. The first kappa shape index (κ1) is 23.4. The third-order valence-corrected chi connectivity index (χ3v) is 4.81. The first-order valence-electron chi connectivity index (χ1n) is 10.7. The number of hydrogen-bond donors (Lipinski definition) is 4. The number of nitrogens with one attached hydrogen (secondary N) is 2. The van der Waals surface area contributed by atoms with Crippen LogP contribution in [0.3, 0.4) is 0 Å². The third-order valence-electron chi connectivity index (χ3n) is 4.81. The highest BCUT2D eigenvalue weighted by Gasteiger charge is 2.07. The summed E-state index contributed by atoms with van der Waals surface area (Å²) >= 11 is 0. The molecule has 0 aliphatic rings. The quantitative estimate of drug-likeness (QED) is 0.213. The van der Waals surface area contributed by atoms with Crippen molar-refractivity contribution in [3.05, 3.63) is 29.8 Å². The second kappa shape index (κ2) is 15.5. The van der Waals surface area contributed by atoms with Crippen LogP contribution in [0.5, 0.6) is 0 Å². The summed E-state index contributed by atoms with van der Waals surface area (Å²) in [6.07, 6.45) is 10.2. The van der Waals surface area contributed by atoms with Gasteiger partial charge in [-0.25, -0.2) is 0 Å². The molecule has 5 nitrogen and oxygen atoms in total. The van der Waals surface area contributed by atoms with E-state index in [1.54, 1.807) is 0 Å². The van der Waals surface area contributed by atoms with Crippen molar-refractivity contribution in [1.29, 1.82) is 0 Å². The molecule has 0 fully saturated rings. The number of rotatable bonds is 15. The standard InChI is InChI=1S/C22H41N5/c1-3-4-5-6-7-8-10-20-11-13-21(14-12-20)26-18-27-22(19(2)17-24)25-16-9-15-23/h11-14,19,26H,3-10,15-18,23-24H2,1-2H3,(H,25,27). The molecule has 0 spiro atoms. The minimum absolute atomic E-state index is 0.226. The van der Waals surface area contributed by atoms with E-state index in [1.807, 2.05) is 0 Å². The van der Waals surface area contributed by atoms with Crippen molar-refractivity contribution in [2.24, 2.45) is 22.4 Å². The molecule has 154 valence electrons. The van der Waals surface area contributed by atoms with Crippen molar-refractivity contribution in [2.45, 2.75) is 65.2 Å². The summed E-state index contributed by atoms with van der Waals surface area (Å²) in [6.45, 7) is 7.01. The number of aryl methyl sites for hydroxylation is 1. The molecule has 5 heteroatoms. The van der Waals surface area contributed by atoms with Gasteiger partial charge in [0, 0.05) is 24.7 Å². The van der Waals surface area contributed by atoms with E-state index in [4.69, 9.17) is 11.5 Å². The summed E-state index contributed by atoms with van der Waals surface area (Å²) in [5.74, 6) is 1.18. The van der Waals surface area contributed by atoms with E-state index in [1.165, 1.54) is 50.5 Å². The highest BCUT2D eigenvalue weighted by atomic mass is 15.1. The smallest absolute Gasteiger partial charge is 0.109 e. The molecule has 1 aromatic carbocycles. The first-order chi connectivity index (χ1) is 13.2. The Kier molecular flexibility index (Phi) is 13.4. The van der Waals surface area contributed by atoms with E-state index in [2.05, 4.69) is 53.7 Å². The van der Waals surface area contributed by atoms with Gasteiger partial charge in [0.05, 0.1) is 0 Å². The van der Waals surface area contributed by atoms with Crippen molar-refractivity contribution in [3.8, 4) is 0 Å². The summed E-state index contributed by atoms with van der Waals surface area (Å²) in [5.41, 5.74) is 13.9. The number of nitrogens with two attached hydrogens (primary N) is 2. The highest BCUT2D eigenvalue weighted by molar-refractivity contribution is 5.84. The average Bonchev–Trinajstić information content (AvgIpc) is 2.70. The number of nitrogens with zero attached hydrogens (tertiary/aromatic N) is 1. The minimum atomic E-state index is 0.226. The van der Waals surface area contributed by atoms with E-state index >= 15 is 0 Å². The molecule has 6 N–H and O–H groups in total. The summed E-state index contributed by atoms with van der Waals surface area (Å²) in [6, 6.07) is 8.74. The molecule has 27 heavy (non-hydrogen) atoms. The zero-order valence-corrected chi connectivity index (χ0v) is 17.5. The van der Waals surface area contributed by atoms with E-state index in [9.17, 15) is 0 Å². The van der Waals surface area contributed by atoms with Crippen LogP contribution in [-0.2, 0) is 6.42 Å². The fraction of sp³-hybridized carbons (Fsp3) is 0.682. The van der Waals surface area contributed by atoms with Crippen molar-refractivity contribution < 1.29 is 0 Å². The summed E-state index contributed by atoms with van der Waals surface area (Å²) in [5, 5.41) is 6.73. The fourth-order valence-corrected chi connectivity index (χ4v) is 2.93. The molecular weight excluding hydrogens is 334 g/mol. The number of unbranched alkanes of at least 4 members (excludes halogenated alkanes) is 5. The van der Waals surface area contributed by atoms with Gasteiger partial charge in [-0.3, -0.25) is 4.99 Å². The summed E-state index contributed by atoms with van der Waals surface area (Å²) in [4.78, 5) is 4.64. The Balaban J connectivity index is 2.36. The lowest BCUT2D eigenvalue weighted by molar-refractivity contribution is 0.607. The minimum Gasteiger partial charge on any atom is -0.373 e. The highest BCUT2D eigenvalue weighted by Crippen LogP contribution is 2.13. The van der Waals surface area contributed by atoms with Gasteiger partial charge in [-0.2, -0.15) is 0 Å². The van der Waals surface area contributed by atoms with Gasteiger partial charge in [0.1, 0.15) is 12.5 Å².